The van der Waals surface area contributed by atoms with E-state index in [0.717, 1.165) is 18.5 Å². The first-order valence-corrected chi connectivity index (χ1v) is 8.79. The van der Waals surface area contributed by atoms with Crippen LogP contribution in [0.4, 0.5) is 0 Å². The topological polar surface area (TPSA) is 24.3 Å². The molecule has 21 heavy (non-hydrogen) atoms. The Balaban J connectivity index is 1.37. The Bertz CT molecular complexity index is 395. The summed E-state index contributed by atoms with van der Waals surface area (Å²) in [4.78, 5) is 5.38. The summed E-state index contributed by atoms with van der Waals surface area (Å²) in [7, 11) is 0. The molecule has 0 amide bonds. The van der Waals surface area contributed by atoms with Gasteiger partial charge in [0.1, 0.15) is 0 Å². The molecule has 0 spiro atoms. The zero-order chi connectivity index (χ0) is 14.5. The molecule has 3 rings (SSSR count). The first-order valence-electron chi connectivity index (χ1n) is 8.79. The predicted octanol–water partition coefficient (Wildman–Crippen LogP) is 2.47. The number of aryl methyl sites for hydroxylation is 1. The zero-order valence-electron chi connectivity index (χ0n) is 13.5. The van der Waals surface area contributed by atoms with Crippen LogP contribution in [0.15, 0.2) is 18.5 Å². The summed E-state index contributed by atoms with van der Waals surface area (Å²) in [5.41, 5.74) is 0. The summed E-state index contributed by atoms with van der Waals surface area (Å²) in [6.07, 6.45) is 10.8. The van der Waals surface area contributed by atoms with Gasteiger partial charge in [-0.25, -0.2) is 0 Å². The third-order valence-electron chi connectivity index (χ3n) is 5.41. The van der Waals surface area contributed by atoms with Gasteiger partial charge in [-0.1, -0.05) is 6.92 Å². The van der Waals surface area contributed by atoms with Crippen LogP contribution in [0.25, 0.3) is 0 Å². The van der Waals surface area contributed by atoms with Crippen molar-refractivity contribution in [3.63, 3.8) is 0 Å². The molecule has 2 aliphatic heterocycles. The zero-order valence-corrected chi connectivity index (χ0v) is 13.5. The molecular formula is C17H30N4. The van der Waals surface area contributed by atoms with Gasteiger partial charge in [0.25, 0.3) is 0 Å². The minimum Gasteiger partial charge on any atom is -0.302 e. The van der Waals surface area contributed by atoms with Gasteiger partial charge >= 0.3 is 0 Å². The molecule has 0 aliphatic carbocycles. The number of piperidine rings is 1. The van der Waals surface area contributed by atoms with E-state index in [9.17, 15) is 0 Å². The van der Waals surface area contributed by atoms with Crippen molar-refractivity contribution in [2.75, 3.05) is 32.7 Å². The van der Waals surface area contributed by atoms with Crippen LogP contribution in [0.3, 0.4) is 0 Å². The molecule has 2 fully saturated rings. The maximum atomic E-state index is 4.30. The summed E-state index contributed by atoms with van der Waals surface area (Å²) < 4.78 is 2.07. The SMILES string of the molecule is CCN1CCCC1CN1CCC(CCn2cccn2)CC1. The standard InChI is InChI=1S/C17H30N4/c1-2-20-10-3-5-17(20)15-19-12-6-16(7-13-19)8-14-21-11-4-9-18-21/h4,9,11,16-17H,2-3,5-8,10,12-15H2,1H3. The van der Waals surface area contributed by atoms with Gasteiger partial charge in [0.2, 0.25) is 0 Å². The Labute approximate surface area is 129 Å². The fourth-order valence-electron chi connectivity index (χ4n) is 4.02. The van der Waals surface area contributed by atoms with E-state index in [1.165, 1.54) is 64.8 Å². The molecule has 0 saturated carbocycles. The Morgan fingerprint density at radius 1 is 1.14 bits per heavy atom. The second kappa shape index (κ2) is 7.41. The molecular weight excluding hydrogens is 260 g/mol. The van der Waals surface area contributed by atoms with Gasteiger partial charge in [0.05, 0.1) is 0 Å². The van der Waals surface area contributed by atoms with Crippen LogP contribution < -0.4 is 0 Å². The first kappa shape index (κ1) is 15.0. The summed E-state index contributed by atoms with van der Waals surface area (Å²) in [5, 5.41) is 4.30. The smallest absolute Gasteiger partial charge is 0.0489 e. The van der Waals surface area contributed by atoms with Crippen LogP contribution in [-0.2, 0) is 6.54 Å². The normalized spacial score (nSPS) is 25.7. The van der Waals surface area contributed by atoms with E-state index in [1.54, 1.807) is 0 Å². The quantitative estimate of drug-likeness (QED) is 0.804. The van der Waals surface area contributed by atoms with Crippen molar-refractivity contribution < 1.29 is 0 Å². The summed E-state index contributed by atoms with van der Waals surface area (Å²) in [5.74, 6) is 0.899. The number of nitrogens with zero attached hydrogens (tertiary/aromatic N) is 4. The predicted molar refractivity (Wildman–Crippen MR) is 86.3 cm³/mol. The van der Waals surface area contributed by atoms with Gasteiger partial charge in [-0.05, 0) is 70.3 Å². The number of hydrogen-bond donors (Lipinski definition) is 0. The molecule has 0 aromatic carbocycles. The van der Waals surface area contributed by atoms with Crippen molar-refractivity contribution in [3.05, 3.63) is 18.5 Å². The van der Waals surface area contributed by atoms with Gasteiger partial charge in [0.15, 0.2) is 0 Å². The van der Waals surface area contributed by atoms with Crippen LogP contribution in [-0.4, -0.2) is 58.3 Å². The highest BCUT2D eigenvalue weighted by Crippen LogP contribution is 2.24. The molecule has 0 radical (unpaired) electrons. The van der Waals surface area contributed by atoms with Crippen molar-refractivity contribution >= 4 is 0 Å². The van der Waals surface area contributed by atoms with Crippen molar-refractivity contribution in [1.29, 1.82) is 0 Å². The summed E-state index contributed by atoms with van der Waals surface area (Å²) in [6, 6.07) is 2.85. The van der Waals surface area contributed by atoms with Crippen LogP contribution in [0.1, 0.15) is 39.0 Å². The molecule has 1 atom stereocenters. The van der Waals surface area contributed by atoms with Gasteiger partial charge in [-0.15, -0.1) is 0 Å². The van der Waals surface area contributed by atoms with E-state index in [1.807, 2.05) is 12.3 Å². The van der Waals surface area contributed by atoms with Crippen molar-refractivity contribution in [2.45, 2.75) is 51.6 Å². The van der Waals surface area contributed by atoms with Crippen LogP contribution >= 0.6 is 0 Å². The van der Waals surface area contributed by atoms with Crippen LogP contribution in [0.2, 0.25) is 0 Å². The number of rotatable bonds is 6. The molecule has 2 aliphatic rings. The highest BCUT2D eigenvalue weighted by Gasteiger charge is 2.27. The number of likely N-dealkylation sites (N-methyl/N-ethyl adjacent to an activating group) is 1. The van der Waals surface area contributed by atoms with Crippen LogP contribution in [0, 0.1) is 5.92 Å². The highest BCUT2D eigenvalue weighted by molar-refractivity contribution is 4.83. The molecule has 0 N–H and O–H groups in total. The van der Waals surface area contributed by atoms with Gasteiger partial charge < -0.3 is 4.90 Å². The van der Waals surface area contributed by atoms with Crippen molar-refractivity contribution in [2.24, 2.45) is 5.92 Å². The van der Waals surface area contributed by atoms with E-state index >= 15 is 0 Å². The summed E-state index contributed by atoms with van der Waals surface area (Å²) in [6.45, 7) is 9.85. The third kappa shape index (κ3) is 4.07. The first-order chi connectivity index (χ1) is 10.3. The minimum absolute atomic E-state index is 0.829. The van der Waals surface area contributed by atoms with E-state index in [0.29, 0.717) is 0 Å². The van der Waals surface area contributed by atoms with Gasteiger partial charge in [-0.3, -0.25) is 9.58 Å². The van der Waals surface area contributed by atoms with Gasteiger partial charge in [0, 0.05) is 31.5 Å². The molecule has 1 aromatic rings. The lowest BCUT2D eigenvalue weighted by molar-refractivity contribution is 0.131. The monoisotopic (exact) mass is 290 g/mol. The second-order valence-corrected chi connectivity index (χ2v) is 6.73. The number of likely N-dealkylation sites (tertiary alicyclic amines) is 2. The second-order valence-electron chi connectivity index (χ2n) is 6.73. The highest BCUT2D eigenvalue weighted by atomic mass is 15.3. The fraction of sp³-hybridized carbons (Fsp3) is 0.824. The summed E-state index contributed by atoms with van der Waals surface area (Å²) >= 11 is 0. The van der Waals surface area contributed by atoms with E-state index in [-0.39, 0.29) is 0 Å². The molecule has 2 saturated heterocycles. The average molecular weight is 290 g/mol. The number of hydrogen-bond acceptors (Lipinski definition) is 3. The van der Waals surface area contributed by atoms with E-state index in [4.69, 9.17) is 0 Å². The average Bonchev–Trinajstić information content (AvgIpc) is 3.17. The maximum Gasteiger partial charge on any atom is 0.0489 e. The fourth-order valence-corrected chi connectivity index (χ4v) is 4.02. The largest absolute Gasteiger partial charge is 0.302 e. The molecule has 1 aromatic heterocycles. The minimum atomic E-state index is 0.829. The van der Waals surface area contributed by atoms with Crippen LogP contribution in [0.5, 0.6) is 0 Å². The molecule has 0 bridgehead atoms. The van der Waals surface area contributed by atoms with E-state index < -0.39 is 0 Å². The molecule has 3 heterocycles. The Morgan fingerprint density at radius 3 is 2.71 bits per heavy atom. The molecule has 1 unspecified atom stereocenters. The van der Waals surface area contributed by atoms with Gasteiger partial charge in [-0.2, -0.15) is 5.10 Å². The van der Waals surface area contributed by atoms with Crippen molar-refractivity contribution in [3.8, 4) is 0 Å². The number of aromatic nitrogens is 2. The lowest BCUT2D eigenvalue weighted by Gasteiger charge is -2.35. The Hall–Kier alpha value is -0.870. The Morgan fingerprint density at radius 2 is 2.00 bits per heavy atom. The Kier molecular flexibility index (Phi) is 5.31. The molecule has 118 valence electrons. The van der Waals surface area contributed by atoms with E-state index in [2.05, 4.69) is 32.7 Å². The lowest BCUT2D eigenvalue weighted by Crippen LogP contribution is -2.43. The maximum absolute atomic E-state index is 4.30. The lowest BCUT2D eigenvalue weighted by atomic mass is 9.93. The third-order valence-corrected chi connectivity index (χ3v) is 5.41. The molecule has 4 nitrogen and oxygen atoms in total. The molecule has 4 heteroatoms. The van der Waals surface area contributed by atoms with Crippen molar-refractivity contribution in [1.82, 2.24) is 19.6 Å².